The number of ketones is 1. The molecule has 1 aliphatic rings. The van der Waals surface area contributed by atoms with Crippen molar-refractivity contribution in [2.45, 2.75) is 26.1 Å². The highest BCUT2D eigenvalue weighted by molar-refractivity contribution is 9.10. The Hall–Kier alpha value is -4.23. The van der Waals surface area contributed by atoms with Crippen LogP contribution in [0.5, 0.6) is 5.75 Å². The largest absolute Gasteiger partial charge is 0.507 e. The first kappa shape index (κ1) is 25.4. The molecule has 0 bridgehead atoms. The van der Waals surface area contributed by atoms with Crippen LogP contribution in [0.15, 0.2) is 107 Å². The topological polar surface area (TPSA) is 79.7 Å². The minimum absolute atomic E-state index is 0.0577. The van der Waals surface area contributed by atoms with Crippen molar-refractivity contribution in [1.29, 1.82) is 0 Å². The second-order valence-corrected chi connectivity index (χ2v) is 10.0. The molecule has 1 fully saturated rings. The van der Waals surface area contributed by atoms with Crippen LogP contribution >= 0.6 is 15.9 Å². The van der Waals surface area contributed by atoms with E-state index in [2.05, 4.69) is 20.9 Å². The zero-order valence-corrected chi connectivity index (χ0v) is 22.3. The summed E-state index contributed by atoms with van der Waals surface area (Å²) < 4.78 is 6.79. The summed E-state index contributed by atoms with van der Waals surface area (Å²) in [6.45, 7) is 2.43. The quantitative estimate of drug-likeness (QED) is 0.159. The standard InChI is InChI=1S/C31H25BrN2O4/c1-20-16-25(38-19-21-6-3-2-4-7-21)13-14-26(20)29(35)27-28(23-9-11-24(32)12-10-23)34(31(37)30(27)36)18-22-8-5-15-33-17-22/h2-17,28,35H,18-19H2,1H3/b29-27+/t28-/m1/s1. The molecule has 1 saturated heterocycles. The number of Topliss-reactive ketones (excluding diaryl/α,β-unsaturated/α-hetero) is 1. The van der Waals surface area contributed by atoms with Gasteiger partial charge in [0.25, 0.3) is 11.7 Å². The fourth-order valence-electron chi connectivity index (χ4n) is 4.60. The molecule has 0 aliphatic carbocycles. The van der Waals surface area contributed by atoms with Crippen LogP contribution in [0.2, 0.25) is 0 Å². The van der Waals surface area contributed by atoms with Crippen LogP contribution in [0.25, 0.3) is 5.76 Å². The van der Waals surface area contributed by atoms with E-state index in [0.717, 1.165) is 26.7 Å². The van der Waals surface area contributed by atoms with E-state index in [4.69, 9.17) is 4.74 Å². The number of pyridine rings is 1. The molecule has 7 heteroatoms. The van der Waals surface area contributed by atoms with Crippen molar-refractivity contribution in [1.82, 2.24) is 9.88 Å². The Morgan fingerprint density at radius 3 is 2.39 bits per heavy atom. The first-order chi connectivity index (χ1) is 18.4. The number of ether oxygens (including phenoxy) is 1. The van der Waals surface area contributed by atoms with Gasteiger partial charge in [0, 0.05) is 29.0 Å². The van der Waals surface area contributed by atoms with E-state index in [1.165, 1.54) is 4.90 Å². The van der Waals surface area contributed by atoms with Crippen molar-refractivity contribution < 1.29 is 19.4 Å². The maximum Gasteiger partial charge on any atom is 0.295 e. The molecule has 190 valence electrons. The molecule has 38 heavy (non-hydrogen) atoms. The average molecular weight is 569 g/mol. The van der Waals surface area contributed by atoms with Gasteiger partial charge in [-0.15, -0.1) is 0 Å². The fraction of sp³-hybridized carbons (Fsp3) is 0.129. The summed E-state index contributed by atoms with van der Waals surface area (Å²) in [6.07, 6.45) is 3.32. The molecule has 1 atom stereocenters. The first-order valence-electron chi connectivity index (χ1n) is 12.1. The lowest BCUT2D eigenvalue weighted by Crippen LogP contribution is -2.29. The van der Waals surface area contributed by atoms with Gasteiger partial charge < -0.3 is 14.7 Å². The van der Waals surface area contributed by atoms with Crippen LogP contribution in [0, 0.1) is 6.92 Å². The molecule has 1 aromatic heterocycles. The van der Waals surface area contributed by atoms with Gasteiger partial charge >= 0.3 is 0 Å². The number of rotatable bonds is 7. The van der Waals surface area contributed by atoms with Gasteiger partial charge in [-0.05, 0) is 65.6 Å². The monoisotopic (exact) mass is 568 g/mol. The number of halogens is 1. The minimum atomic E-state index is -0.753. The van der Waals surface area contributed by atoms with Crippen molar-refractivity contribution in [2.24, 2.45) is 0 Å². The summed E-state index contributed by atoms with van der Waals surface area (Å²) in [5.74, 6) is -0.951. The van der Waals surface area contributed by atoms with Crippen LogP contribution in [-0.4, -0.2) is 26.7 Å². The SMILES string of the molecule is Cc1cc(OCc2ccccc2)ccc1/C(O)=C1\C(=O)C(=O)N(Cc2cccnc2)[C@@H]1c1ccc(Br)cc1. The zero-order chi connectivity index (χ0) is 26.6. The number of aliphatic hydroxyl groups is 1. The Morgan fingerprint density at radius 1 is 0.974 bits per heavy atom. The third kappa shape index (κ3) is 5.24. The number of benzene rings is 3. The third-order valence-electron chi connectivity index (χ3n) is 6.50. The molecular formula is C31H25BrN2O4. The molecule has 1 aliphatic heterocycles. The van der Waals surface area contributed by atoms with Gasteiger partial charge in [0.05, 0.1) is 11.6 Å². The van der Waals surface area contributed by atoms with Gasteiger partial charge in [-0.25, -0.2) is 0 Å². The van der Waals surface area contributed by atoms with Gasteiger partial charge in [0.1, 0.15) is 18.1 Å². The molecule has 6 nitrogen and oxygen atoms in total. The summed E-state index contributed by atoms with van der Waals surface area (Å²) in [5.41, 5.74) is 3.80. The van der Waals surface area contributed by atoms with E-state index < -0.39 is 17.7 Å². The molecule has 0 radical (unpaired) electrons. The lowest BCUT2D eigenvalue weighted by Gasteiger charge is -2.25. The van der Waals surface area contributed by atoms with E-state index in [1.54, 1.807) is 30.6 Å². The van der Waals surface area contributed by atoms with Crippen LogP contribution in [0.4, 0.5) is 0 Å². The molecule has 1 N–H and O–H groups in total. The van der Waals surface area contributed by atoms with Crippen LogP contribution in [0.1, 0.15) is 33.9 Å². The highest BCUT2D eigenvalue weighted by Gasteiger charge is 2.46. The number of carbonyl (C=O) groups excluding carboxylic acids is 2. The Bertz CT molecular complexity index is 1500. The number of likely N-dealkylation sites (tertiary alicyclic amines) is 1. The number of hydrogen-bond donors (Lipinski definition) is 1. The van der Waals surface area contributed by atoms with E-state index >= 15 is 0 Å². The van der Waals surface area contributed by atoms with Crippen molar-refractivity contribution in [3.8, 4) is 5.75 Å². The number of aromatic nitrogens is 1. The first-order valence-corrected chi connectivity index (χ1v) is 12.9. The molecule has 3 aromatic carbocycles. The van der Waals surface area contributed by atoms with Crippen molar-refractivity contribution in [3.63, 3.8) is 0 Å². The number of aryl methyl sites for hydroxylation is 1. The maximum atomic E-state index is 13.4. The van der Waals surface area contributed by atoms with Crippen molar-refractivity contribution >= 4 is 33.4 Å². The smallest absolute Gasteiger partial charge is 0.295 e. The van der Waals surface area contributed by atoms with Gasteiger partial charge in [-0.3, -0.25) is 14.6 Å². The third-order valence-corrected chi connectivity index (χ3v) is 7.03. The molecular weight excluding hydrogens is 544 g/mol. The van der Waals surface area contributed by atoms with E-state index in [-0.39, 0.29) is 17.9 Å². The summed E-state index contributed by atoms with van der Waals surface area (Å²) >= 11 is 3.44. The number of nitrogens with zero attached hydrogens (tertiary/aromatic N) is 2. The maximum absolute atomic E-state index is 13.4. The fourth-order valence-corrected chi connectivity index (χ4v) is 4.87. The highest BCUT2D eigenvalue weighted by Crippen LogP contribution is 2.41. The molecule has 2 heterocycles. The summed E-state index contributed by atoms with van der Waals surface area (Å²) in [4.78, 5) is 32.2. The molecule has 5 rings (SSSR count). The second kappa shape index (κ2) is 11.0. The zero-order valence-electron chi connectivity index (χ0n) is 20.7. The normalized spacial score (nSPS) is 16.6. The molecule has 1 amide bonds. The van der Waals surface area contributed by atoms with Gasteiger partial charge in [0.15, 0.2) is 0 Å². The Morgan fingerprint density at radius 2 is 1.71 bits per heavy atom. The summed E-state index contributed by atoms with van der Waals surface area (Å²) in [6, 6.07) is 25.4. The Kier molecular flexibility index (Phi) is 7.38. The number of hydrogen-bond acceptors (Lipinski definition) is 5. The van der Waals surface area contributed by atoms with E-state index in [0.29, 0.717) is 17.9 Å². The predicted molar refractivity (Wildman–Crippen MR) is 148 cm³/mol. The van der Waals surface area contributed by atoms with Gasteiger partial charge in [0.2, 0.25) is 0 Å². The van der Waals surface area contributed by atoms with E-state index in [1.807, 2.05) is 73.7 Å². The highest BCUT2D eigenvalue weighted by atomic mass is 79.9. The van der Waals surface area contributed by atoms with Crippen LogP contribution in [-0.2, 0) is 22.7 Å². The Balaban J connectivity index is 1.52. The van der Waals surface area contributed by atoms with Crippen LogP contribution in [0.3, 0.4) is 0 Å². The van der Waals surface area contributed by atoms with Crippen molar-refractivity contribution in [3.05, 3.63) is 135 Å². The second-order valence-electron chi connectivity index (χ2n) is 9.09. The number of aliphatic hydroxyl groups excluding tert-OH is 1. The predicted octanol–water partition coefficient (Wildman–Crippen LogP) is 6.35. The average Bonchev–Trinajstić information content (AvgIpc) is 3.18. The lowest BCUT2D eigenvalue weighted by atomic mass is 9.94. The van der Waals surface area contributed by atoms with Gasteiger partial charge in [-0.2, -0.15) is 0 Å². The summed E-state index contributed by atoms with van der Waals surface area (Å²) in [7, 11) is 0. The number of amides is 1. The minimum Gasteiger partial charge on any atom is -0.507 e. The van der Waals surface area contributed by atoms with Crippen LogP contribution < -0.4 is 4.74 Å². The molecule has 0 saturated carbocycles. The Labute approximate surface area is 229 Å². The van der Waals surface area contributed by atoms with Crippen molar-refractivity contribution in [2.75, 3.05) is 0 Å². The van der Waals surface area contributed by atoms with E-state index in [9.17, 15) is 14.7 Å². The molecule has 4 aromatic rings. The lowest BCUT2D eigenvalue weighted by molar-refractivity contribution is -0.140. The van der Waals surface area contributed by atoms with Gasteiger partial charge in [-0.1, -0.05) is 64.5 Å². The number of carbonyl (C=O) groups is 2. The molecule has 0 spiro atoms. The molecule has 0 unspecified atom stereocenters. The summed E-state index contributed by atoms with van der Waals surface area (Å²) in [5, 5.41) is 11.5.